The van der Waals surface area contributed by atoms with Crippen molar-refractivity contribution >= 4 is 27.0 Å². The van der Waals surface area contributed by atoms with Gasteiger partial charge in [0.15, 0.2) is 0 Å². The van der Waals surface area contributed by atoms with Crippen molar-refractivity contribution in [1.29, 1.82) is 0 Å². The Labute approximate surface area is 196 Å². The van der Waals surface area contributed by atoms with Crippen LogP contribution >= 0.6 is 11.3 Å². The zero-order valence-corrected chi connectivity index (χ0v) is 19.3. The van der Waals surface area contributed by atoms with Crippen LogP contribution in [0.4, 0.5) is 27.6 Å². The number of sulfonamides is 1. The number of likely N-dealkylation sites (N-methyl/N-ethyl adjacent to an activating group) is 1. The maximum absolute atomic E-state index is 14.7. The van der Waals surface area contributed by atoms with Crippen molar-refractivity contribution in [2.75, 3.05) is 24.9 Å². The van der Waals surface area contributed by atoms with Gasteiger partial charge in [0.25, 0.3) is 10.0 Å². The van der Waals surface area contributed by atoms with E-state index in [-0.39, 0.29) is 11.3 Å². The van der Waals surface area contributed by atoms with E-state index in [0.717, 1.165) is 18.2 Å². The van der Waals surface area contributed by atoms with Gasteiger partial charge in [-0.1, -0.05) is 0 Å². The molecule has 5 nitrogen and oxygen atoms in total. The number of hydrogen-bond donors (Lipinski definition) is 1. The van der Waals surface area contributed by atoms with Crippen LogP contribution in [0.15, 0.2) is 52.1 Å². The largest absolute Gasteiger partial charge is 0.488 e. The second-order valence-electron chi connectivity index (χ2n) is 7.88. The fraction of sp³-hybridized carbons (Fsp3) is 0.273. The minimum atomic E-state index is -4.73. The van der Waals surface area contributed by atoms with E-state index in [2.05, 4.69) is 0 Å². The molecule has 1 aliphatic heterocycles. The first-order valence-electron chi connectivity index (χ1n) is 10.0. The SMILES string of the molecule is CN1CCC(Oc2cc(NS(=O)(=O)c3cc(F)c(-c4ccsc4)cc3F)ccc2C(F)(F)F)C1. The standard InChI is InChI=1S/C22H19F5N2O3S2/c1-29-6-4-15(11-29)32-20-8-14(2-3-17(20)22(25,26)27)28-34(30,31)21-10-18(23)16(9-19(21)24)13-5-7-33-12-13/h2-3,5,7-10,12,15,28H,4,6,11H2,1H3. The molecular formula is C22H19F5N2O3S2. The monoisotopic (exact) mass is 518 g/mol. The van der Waals surface area contributed by atoms with Crippen molar-refractivity contribution in [2.24, 2.45) is 0 Å². The molecule has 0 amide bonds. The van der Waals surface area contributed by atoms with E-state index in [1.165, 1.54) is 11.3 Å². The molecule has 34 heavy (non-hydrogen) atoms. The number of benzene rings is 2. The third kappa shape index (κ3) is 5.18. The van der Waals surface area contributed by atoms with E-state index in [4.69, 9.17) is 4.74 Å². The number of anilines is 1. The molecule has 2 heterocycles. The molecule has 4 rings (SSSR count). The van der Waals surface area contributed by atoms with Gasteiger partial charge >= 0.3 is 6.18 Å². The normalized spacial score (nSPS) is 17.2. The number of nitrogens with one attached hydrogen (secondary N) is 1. The highest BCUT2D eigenvalue weighted by Gasteiger charge is 2.36. The molecule has 1 atom stereocenters. The summed E-state index contributed by atoms with van der Waals surface area (Å²) in [5, 5.41) is 3.24. The van der Waals surface area contributed by atoms with Gasteiger partial charge in [-0.3, -0.25) is 4.72 Å². The Kier molecular flexibility index (Phi) is 6.58. The molecule has 1 unspecified atom stereocenters. The van der Waals surface area contributed by atoms with Gasteiger partial charge in [-0.05, 0) is 60.1 Å². The predicted octanol–water partition coefficient (Wildman–Crippen LogP) is 5.60. The fourth-order valence-electron chi connectivity index (χ4n) is 3.67. The van der Waals surface area contributed by atoms with E-state index in [9.17, 15) is 30.4 Å². The minimum Gasteiger partial charge on any atom is -0.488 e. The lowest BCUT2D eigenvalue weighted by Crippen LogP contribution is -2.23. The lowest BCUT2D eigenvalue weighted by Gasteiger charge is -2.19. The molecule has 182 valence electrons. The number of nitrogens with zero attached hydrogens (tertiary/aromatic N) is 1. The number of likely N-dealkylation sites (tertiary alicyclic amines) is 1. The van der Waals surface area contributed by atoms with Crippen LogP contribution in [-0.4, -0.2) is 39.6 Å². The Morgan fingerprint density at radius 3 is 2.50 bits per heavy atom. The molecule has 0 saturated carbocycles. The summed E-state index contributed by atoms with van der Waals surface area (Å²) in [6.07, 6.45) is -4.73. The first kappa shape index (κ1) is 24.4. The van der Waals surface area contributed by atoms with Gasteiger partial charge in [0.1, 0.15) is 28.4 Å². The number of ether oxygens (including phenoxy) is 1. The summed E-state index contributed by atoms with van der Waals surface area (Å²) in [5.74, 6) is -2.71. The molecule has 3 aromatic rings. The van der Waals surface area contributed by atoms with Crippen LogP contribution in [0.5, 0.6) is 5.75 Å². The van der Waals surface area contributed by atoms with Crippen LogP contribution in [-0.2, 0) is 16.2 Å². The van der Waals surface area contributed by atoms with Crippen molar-refractivity contribution in [3.05, 3.63) is 64.4 Å². The van der Waals surface area contributed by atoms with Crippen LogP contribution in [0, 0.1) is 11.6 Å². The fourth-order valence-corrected chi connectivity index (χ4v) is 5.45. The number of rotatable bonds is 6. The molecule has 12 heteroatoms. The second-order valence-corrected chi connectivity index (χ2v) is 10.3. The van der Waals surface area contributed by atoms with Gasteiger partial charge in [-0.2, -0.15) is 24.5 Å². The van der Waals surface area contributed by atoms with Gasteiger partial charge in [-0.25, -0.2) is 17.2 Å². The van der Waals surface area contributed by atoms with E-state index in [1.54, 1.807) is 23.9 Å². The van der Waals surface area contributed by atoms with Crippen molar-refractivity contribution < 1.29 is 35.1 Å². The number of hydrogen-bond acceptors (Lipinski definition) is 5. The molecule has 2 aromatic carbocycles. The van der Waals surface area contributed by atoms with Crippen LogP contribution in [0.3, 0.4) is 0 Å². The summed E-state index contributed by atoms with van der Waals surface area (Å²) in [7, 11) is -2.86. The van der Waals surface area contributed by atoms with Crippen molar-refractivity contribution in [2.45, 2.75) is 23.6 Å². The summed E-state index contributed by atoms with van der Waals surface area (Å²) in [5.41, 5.74) is -1.07. The van der Waals surface area contributed by atoms with Crippen LogP contribution in [0.1, 0.15) is 12.0 Å². The van der Waals surface area contributed by atoms with Gasteiger partial charge in [-0.15, -0.1) is 0 Å². The van der Waals surface area contributed by atoms with Crippen LogP contribution in [0.25, 0.3) is 11.1 Å². The van der Waals surface area contributed by atoms with Gasteiger partial charge in [0.05, 0.1) is 11.3 Å². The molecular weight excluding hydrogens is 499 g/mol. The quantitative estimate of drug-likeness (QED) is 0.432. The summed E-state index contributed by atoms with van der Waals surface area (Å²) in [4.78, 5) is 0.922. The molecule has 0 spiro atoms. The molecule has 1 N–H and O–H groups in total. The summed E-state index contributed by atoms with van der Waals surface area (Å²) in [6, 6.07) is 5.34. The Morgan fingerprint density at radius 2 is 1.88 bits per heavy atom. The topological polar surface area (TPSA) is 58.6 Å². The Bertz CT molecular complexity index is 1290. The first-order valence-corrected chi connectivity index (χ1v) is 12.5. The number of thiophene rings is 1. The first-order chi connectivity index (χ1) is 15.9. The van der Waals surface area contributed by atoms with Gasteiger partial charge in [0, 0.05) is 24.7 Å². The molecule has 1 aliphatic rings. The van der Waals surface area contributed by atoms with Gasteiger partial charge < -0.3 is 9.64 Å². The van der Waals surface area contributed by atoms with Crippen molar-refractivity contribution in [3.63, 3.8) is 0 Å². The third-order valence-electron chi connectivity index (χ3n) is 5.32. The average molecular weight is 519 g/mol. The van der Waals surface area contributed by atoms with Gasteiger partial charge in [0.2, 0.25) is 0 Å². The van der Waals surface area contributed by atoms with Crippen LogP contribution in [0.2, 0.25) is 0 Å². The summed E-state index contributed by atoms with van der Waals surface area (Å²) in [6.45, 7) is 1.05. The van der Waals surface area contributed by atoms with E-state index in [1.807, 2.05) is 9.62 Å². The highest BCUT2D eigenvalue weighted by Crippen LogP contribution is 2.39. The predicted molar refractivity (Wildman–Crippen MR) is 118 cm³/mol. The van der Waals surface area contributed by atoms with E-state index in [0.29, 0.717) is 37.2 Å². The molecule has 1 aromatic heterocycles. The third-order valence-corrected chi connectivity index (χ3v) is 7.40. The second kappa shape index (κ2) is 9.16. The summed E-state index contributed by atoms with van der Waals surface area (Å²) < 4.78 is 103. The average Bonchev–Trinajstić information content (AvgIpc) is 3.40. The van der Waals surface area contributed by atoms with E-state index < -0.39 is 50.1 Å². The molecule has 1 fully saturated rings. The maximum Gasteiger partial charge on any atom is 0.419 e. The van der Waals surface area contributed by atoms with E-state index >= 15 is 0 Å². The highest BCUT2D eigenvalue weighted by atomic mass is 32.2. The summed E-state index contributed by atoms with van der Waals surface area (Å²) >= 11 is 1.26. The van der Waals surface area contributed by atoms with Crippen molar-refractivity contribution in [3.8, 4) is 16.9 Å². The zero-order chi connectivity index (χ0) is 24.7. The lowest BCUT2D eigenvalue weighted by molar-refractivity contribution is -0.139. The van der Waals surface area contributed by atoms with Crippen molar-refractivity contribution in [1.82, 2.24) is 4.90 Å². The lowest BCUT2D eigenvalue weighted by atomic mass is 10.1. The zero-order valence-electron chi connectivity index (χ0n) is 17.7. The number of halogens is 5. The Hall–Kier alpha value is -2.70. The maximum atomic E-state index is 14.7. The Morgan fingerprint density at radius 1 is 1.12 bits per heavy atom. The molecule has 0 bridgehead atoms. The minimum absolute atomic E-state index is 0.107. The molecule has 1 saturated heterocycles. The number of alkyl halides is 3. The Balaban J connectivity index is 1.65. The smallest absolute Gasteiger partial charge is 0.419 e. The van der Waals surface area contributed by atoms with Crippen LogP contribution < -0.4 is 9.46 Å². The molecule has 0 aliphatic carbocycles. The molecule has 0 radical (unpaired) electrons. The highest BCUT2D eigenvalue weighted by molar-refractivity contribution is 7.92.